The predicted octanol–water partition coefficient (Wildman–Crippen LogP) is 7.04. The molecule has 0 bridgehead atoms. The van der Waals surface area contributed by atoms with Gasteiger partial charge in [-0.3, -0.25) is 9.59 Å². The van der Waals surface area contributed by atoms with Gasteiger partial charge < -0.3 is 4.74 Å². The van der Waals surface area contributed by atoms with Crippen molar-refractivity contribution in [3.8, 4) is 5.75 Å². The van der Waals surface area contributed by atoms with E-state index in [0.29, 0.717) is 30.8 Å². The Kier molecular flexibility index (Phi) is 8.28. The largest absolute Gasteiger partial charge is 0.493 e. The summed E-state index contributed by atoms with van der Waals surface area (Å²) in [6.45, 7) is 9.82. The SMILES string of the molecule is C=C=CCCCCOc1cccc(C(=O)CCC2CCC3(C=CC2=O)CC3)c1C(C)=C=C. The van der Waals surface area contributed by atoms with Crippen LogP contribution in [0.15, 0.2) is 61.0 Å². The number of carbonyl (C=O) groups excluding carboxylic acids is 2. The molecule has 1 saturated carbocycles. The second-order valence-corrected chi connectivity index (χ2v) is 9.03. The summed E-state index contributed by atoms with van der Waals surface area (Å²) >= 11 is 0. The number of ketones is 2. The minimum atomic E-state index is -0.0567. The van der Waals surface area contributed by atoms with Gasteiger partial charge in [0.1, 0.15) is 5.75 Å². The minimum Gasteiger partial charge on any atom is -0.493 e. The van der Waals surface area contributed by atoms with Crippen LogP contribution in [0.1, 0.15) is 80.6 Å². The number of Topliss-reactive ketones (excluding diaryl/α,β-unsaturated/α-hetero) is 1. The number of carbonyl (C=O) groups is 2. The molecule has 0 aliphatic heterocycles. The molecule has 1 aromatic carbocycles. The first-order valence-corrected chi connectivity index (χ1v) is 11.7. The highest BCUT2D eigenvalue weighted by atomic mass is 16.5. The molecule has 2 aliphatic rings. The Morgan fingerprint density at radius 3 is 2.78 bits per heavy atom. The average molecular weight is 431 g/mol. The van der Waals surface area contributed by atoms with Crippen LogP contribution in [0.25, 0.3) is 5.57 Å². The van der Waals surface area contributed by atoms with Gasteiger partial charge in [-0.15, -0.1) is 11.5 Å². The second kappa shape index (κ2) is 11.1. The van der Waals surface area contributed by atoms with Crippen LogP contribution in [0.4, 0.5) is 0 Å². The average Bonchev–Trinajstić information content (AvgIpc) is 3.60. The summed E-state index contributed by atoms with van der Waals surface area (Å²) in [6, 6.07) is 5.60. The van der Waals surface area contributed by atoms with Crippen molar-refractivity contribution in [3.05, 3.63) is 72.2 Å². The highest BCUT2D eigenvalue weighted by Gasteiger charge is 2.42. The first kappa shape index (κ1) is 23.8. The fourth-order valence-corrected chi connectivity index (χ4v) is 4.38. The molecule has 1 fully saturated rings. The van der Waals surface area contributed by atoms with E-state index < -0.39 is 0 Å². The van der Waals surface area contributed by atoms with Crippen LogP contribution in [0.3, 0.4) is 0 Å². The lowest BCUT2D eigenvalue weighted by molar-refractivity contribution is -0.118. The second-order valence-electron chi connectivity index (χ2n) is 9.03. The lowest BCUT2D eigenvalue weighted by Crippen LogP contribution is -2.14. The summed E-state index contributed by atoms with van der Waals surface area (Å²) in [7, 11) is 0. The Morgan fingerprint density at radius 1 is 1.25 bits per heavy atom. The van der Waals surface area contributed by atoms with Gasteiger partial charge in [0.05, 0.1) is 6.61 Å². The van der Waals surface area contributed by atoms with Gasteiger partial charge >= 0.3 is 0 Å². The third-order valence-electron chi connectivity index (χ3n) is 6.72. The van der Waals surface area contributed by atoms with E-state index in [1.807, 2.05) is 31.2 Å². The first-order chi connectivity index (χ1) is 15.5. The van der Waals surface area contributed by atoms with E-state index in [1.54, 1.807) is 6.08 Å². The molecular weight excluding hydrogens is 396 g/mol. The molecule has 3 heteroatoms. The number of ether oxygens (including phenoxy) is 1. The van der Waals surface area contributed by atoms with E-state index in [4.69, 9.17) is 4.74 Å². The molecule has 0 heterocycles. The van der Waals surface area contributed by atoms with E-state index in [2.05, 4.69) is 30.7 Å². The Bertz CT molecular complexity index is 980. The summed E-state index contributed by atoms with van der Waals surface area (Å²) in [6.07, 6.45) is 13.9. The number of hydrogen-bond donors (Lipinski definition) is 0. The topological polar surface area (TPSA) is 43.4 Å². The third-order valence-corrected chi connectivity index (χ3v) is 6.72. The Morgan fingerprint density at radius 2 is 2.06 bits per heavy atom. The van der Waals surface area contributed by atoms with Gasteiger partial charge in [0.15, 0.2) is 11.6 Å². The van der Waals surface area contributed by atoms with E-state index in [1.165, 1.54) is 12.8 Å². The molecule has 0 saturated heterocycles. The minimum absolute atomic E-state index is 0.0401. The van der Waals surface area contributed by atoms with Crippen LogP contribution >= 0.6 is 0 Å². The molecule has 0 amide bonds. The smallest absolute Gasteiger partial charge is 0.163 e. The maximum atomic E-state index is 13.2. The van der Waals surface area contributed by atoms with Crippen LogP contribution in [-0.4, -0.2) is 18.2 Å². The number of allylic oxidation sites excluding steroid dienone is 4. The summed E-state index contributed by atoms with van der Waals surface area (Å²) in [5.74, 6) is 0.845. The fourth-order valence-electron chi connectivity index (χ4n) is 4.38. The summed E-state index contributed by atoms with van der Waals surface area (Å²) in [4.78, 5) is 25.7. The van der Waals surface area contributed by atoms with Crippen molar-refractivity contribution < 1.29 is 14.3 Å². The van der Waals surface area contributed by atoms with Crippen LogP contribution in [0.2, 0.25) is 0 Å². The number of unbranched alkanes of at least 4 members (excludes halogenated alkanes) is 2. The fraction of sp³-hybridized carbons (Fsp3) is 0.448. The number of benzene rings is 1. The van der Waals surface area contributed by atoms with Gasteiger partial charge in [-0.1, -0.05) is 31.4 Å². The zero-order chi connectivity index (χ0) is 23.0. The highest BCUT2D eigenvalue weighted by molar-refractivity contribution is 6.02. The van der Waals surface area contributed by atoms with Crippen LogP contribution in [-0.2, 0) is 4.79 Å². The van der Waals surface area contributed by atoms with Crippen molar-refractivity contribution in [2.24, 2.45) is 11.3 Å². The maximum absolute atomic E-state index is 13.2. The molecule has 0 aromatic heterocycles. The quantitative estimate of drug-likeness (QED) is 0.215. The van der Waals surface area contributed by atoms with E-state index in [-0.39, 0.29) is 22.9 Å². The molecule has 3 rings (SSSR count). The van der Waals surface area contributed by atoms with Gasteiger partial charge in [-0.05, 0) is 81.9 Å². The normalized spacial score (nSPS) is 18.4. The van der Waals surface area contributed by atoms with Crippen molar-refractivity contribution in [3.63, 3.8) is 0 Å². The van der Waals surface area contributed by atoms with Crippen molar-refractivity contribution in [2.45, 2.75) is 64.7 Å². The first-order valence-electron chi connectivity index (χ1n) is 11.7. The van der Waals surface area contributed by atoms with Crippen LogP contribution in [0, 0.1) is 11.3 Å². The lowest BCUT2D eigenvalue weighted by atomic mass is 9.88. The molecule has 1 aromatic rings. The Labute approximate surface area is 192 Å². The molecule has 3 nitrogen and oxygen atoms in total. The molecule has 1 atom stereocenters. The standard InChI is InChI=1S/C29H34O3/c1-4-6-7-8-9-21-32-27-12-10-11-24(28(27)22(3)5-2)26(31)14-13-23-15-17-29(19-20-29)18-16-25(23)30/h6,10-12,16,18,23H,1-2,7-9,13-15,17,19-21H2,3H3. The molecule has 1 spiro atoms. The van der Waals surface area contributed by atoms with Gasteiger partial charge in [0, 0.05) is 29.0 Å². The number of rotatable bonds is 11. The molecule has 168 valence electrons. The van der Waals surface area contributed by atoms with Gasteiger partial charge in [0.25, 0.3) is 0 Å². The predicted molar refractivity (Wildman–Crippen MR) is 130 cm³/mol. The maximum Gasteiger partial charge on any atom is 0.163 e. The van der Waals surface area contributed by atoms with Gasteiger partial charge in [-0.2, -0.15) is 0 Å². The van der Waals surface area contributed by atoms with Gasteiger partial charge in [-0.25, -0.2) is 0 Å². The van der Waals surface area contributed by atoms with Crippen molar-refractivity contribution in [1.82, 2.24) is 0 Å². The van der Waals surface area contributed by atoms with Crippen molar-refractivity contribution in [2.75, 3.05) is 6.61 Å². The molecule has 32 heavy (non-hydrogen) atoms. The van der Waals surface area contributed by atoms with Crippen LogP contribution in [0.5, 0.6) is 5.75 Å². The van der Waals surface area contributed by atoms with E-state index in [0.717, 1.165) is 43.2 Å². The van der Waals surface area contributed by atoms with Crippen molar-refractivity contribution in [1.29, 1.82) is 0 Å². The van der Waals surface area contributed by atoms with Crippen LogP contribution < -0.4 is 4.74 Å². The zero-order valence-electron chi connectivity index (χ0n) is 19.3. The summed E-state index contributed by atoms with van der Waals surface area (Å²) < 4.78 is 6.04. The Hall–Kier alpha value is -2.86. The molecular formula is C29H34O3. The van der Waals surface area contributed by atoms with Gasteiger partial charge in [0.2, 0.25) is 0 Å². The lowest BCUT2D eigenvalue weighted by Gasteiger charge is -2.16. The van der Waals surface area contributed by atoms with Crippen molar-refractivity contribution >= 4 is 17.1 Å². The summed E-state index contributed by atoms with van der Waals surface area (Å²) in [5.41, 5.74) is 8.17. The Balaban J connectivity index is 1.66. The molecule has 0 radical (unpaired) electrons. The monoisotopic (exact) mass is 430 g/mol. The summed E-state index contributed by atoms with van der Waals surface area (Å²) in [5, 5.41) is 0. The highest BCUT2D eigenvalue weighted by Crippen LogP contribution is 2.52. The molecule has 2 aliphatic carbocycles. The zero-order valence-corrected chi connectivity index (χ0v) is 19.3. The molecule has 1 unspecified atom stereocenters. The molecule has 0 N–H and O–H groups in total. The number of hydrogen-bond acceptors (Lipinski definition) is 3. The van der Waals surface area contributed by atoms with E-state index in [9.17, 15) is 9.59 Å². The third kappa shape index (κ3) is 6.10. The van der Waals surface area contributed by atoms with E-state index >= 15 is 0 Å².